The molecule has 19 heavy (non-hydrogen) atoms. The van der Waals surface area contributed by atoms with Gasteiger partial charge in [-0.3, -0.25) is 9.69 Å². The van der Waals surface area contributed by atoms with Crippen molar-refractivity contribution >= 4 is 5.97 Å². The quantitative estimate of drug-likeness (QED) is 0.715. The minimum Gasteiger partial charge on any atom is -0.481 e. The molecule has 0 aromatic heterocycles. The molecule has 0 radical (unpaired) electrons. The van der Waals surface area contributed by atoms with Crippen LogP contribution in [0.4, 0.5) is 26.3 Å². The van der Waals surface area contributed by atoms with Gasteiger partial charge in [0, 0.05) is 0 Å². The molecule has 0 saturated carbocycles. The molecule has 10 heteroatoms. The maximum atomic E-state index is 12.8. The van der Waals surface area contributed by atoms with E-state index in [1.54, 1.807) is 0 Å². The summed E-state index contributed by atoms with van der Waals surface area (Å²) in [5, 5.41) is 18.0. The van der Waals surface area contributed by atoms with Crippen molar-refractivity contribution in [2.24, 2.45) is 5.92 Å². The van der Waals surface area contributed by atoms with Gasteiger partial charge in [-0.1, -0.05) is 0 Å². The van der Waals surface area contributed by atoms with Gasteiger partial charge in [0.2, 0.25) is 0 Å². The minimum absolute atomic E-state index is 0.0779. The normalized spacial score (nSPS) is 34.3. The highest BCUT2D eigenvalue weighted by Crippen LogP contribution is 2.42. The second-order valence-electron chi connectivity index (χ2n) is 4.38. The lowest BCUT2D eigenvalue weighted by molar-refractivity contribution is -0.266. The Morgan fingerprint density at radius 2 is 1.63 bits per heavy atom. The van der Waals surface area contributed by atoms with E-state index >= 15 is 0 Å². The molecule has 0 amide bonds. The third-order valence-corrected chi connectivity index (χ3v) is 3.15. The Labute approximate surface area is 103 Å². The fourth-order valence-corrected chi connectivity index (χ4v) is 2.30. The number of alkyl halides is 6. The maximum Gasteiger partial charge on any atom is 0.405 e. The smallest absolute Gasteiger partial charge is 0.405 e. The number of halogens is 6. The summed E-state index contributed by atoms with van der Waals surface area (Å²) >= 11 is 0. The van der Waals surface area contributed by atoms with Crippen LogP contribution in [0.25, 0.3) is 0 Å². The lowest BCUT2D eigenvalue weighted by Gasteiger charge is -2.45. The number of rotatable bonds is 1. The van der Waals surface area contributed by atoms with Crippen molar-refractivity contribution in [3.05, 3.63) is 0 Å². The number of carboxylic acids is 1. The zero-order chi connectivity index (χ0) is 15.2. The van der Waals surface area contributed by atoms with Crippen LogP contribution >= 0.6 is 0 Å². The number of aliphatic hydroxyl groups is 1. The average molecular weight is 295 g/mol. The van der Waals surface area contributed by atoms with E-state index in [0.29, 0.717) is 7.05 Å². The van der Waals surface area contributed by atoms with Crippen LogP contribution in [0.2, 0.25) is 0 Å². The molecule has 0 aliphatic carbocycles. The standard InChI is InChI=1S/C9H11F6NO3/c1-16-4(8(10,11)12)2-3(17)5(7(18)19)6(16)9(13,14)15/h3-6,17H,2H2,1H3,(H,18,19). The van der Waals surface area contributed by atoms with Gasteiger partial charge in [-0.15, -0.1) is 0 Å². The third kappa shape index (κ3) is 3.11. The molecule has 0 aromatic carbocycles. The Balaban J connectivity index is 3.20. The van der Waals surface area contributed by atoms with E-state index in [4.69, 9.17) is 5.11 Å². The van der Waals surface area contributed by atoms with Crippen LogP contribution in [0.5, 0.6) is 0 Å². The van der Waals surface area contributed by atoms with Crippen molar-refractivity contribution in [1.82, 2.24) is 4.90 Å². The summed E-state index contributed by atoms with van der Waals surface area (Å²) in [4.78, 5) is 10.7. The molecule has 1 aliphatic rings. The van der Waals surface area contributed by atoms with Crippen molar-refractivity contribution < 1.29 is 41.4 Å². The van der Waals surface area contributed by atoms with E-state index in [1.165, 1.54) is 0 Å². The summed E-state index contributed by atoms with van der Waals surface area (Å²) in [6.07, 6.45) is -13.5. The number of aliphatic carboxylic acids is 1. The number of hydrogen-bond acceptors (Lipinski definition) is 3. The molecule has 4 unspecified atom stereocenters. The largest absolute Gasteiger partial charge is 0.481 e. The maximum absolute atomic E-state index is 12.8. The van der Waals surface area contributed by atoms with Crippen LogP contribution in [0.15, 0.2) is 0 Å². The molecule has 0 spiro atoms. The summed E-state index contributed by atoms with van der Waals surface area (Å²) in [5.74, 6) is -4.33. The Kier molecular flexibility index (Phi) is 4.06. The molecular formula is C9H11F6NO3. The van der Waals surface area contributed by atoms with Crippen molar-refractivity contribution in [2.45, 2.75) is 37.0 Å². The van der Waals surface area contributed by atoms with E-state index in [-0.39, 0.29) is 4.90 Å². The van der Waals surface area contributed by atoms with Crippen LogP contribution in [-0.4, -0.2) is 58.7 Å². The first-order valence-corrected chi connectivity index (χ1v) is 5.13. The van der Waals surface area contributed by atoms with Crippen molar-refractivity contribution in [1.29, 1.82) is 0 Å². The third-order valence-electron chi connectivity index (χ3n) is 3.15. The topological polar surface area (TPSA) is 60.8 Å². The van der Waals surface area contributed by atoms with Gasteiger partial charge in [0.1, 0.15) is 18.0 Å². The summed E-state index contributed by atoms with van der Waals surface area (Å²) in [7, 11) is 0.554. The molecule has 4 atom stereocenters. The van der Waals surface area contributed by atoms with Crippen LogP contribution < -0.4 is 0 Å². The lowest BCUT2D eigenvalue weighted by Crippen LogP contribution is -2.65. The van der Waals surface area contributed by atoms with Crippen LogP contribution in [-0.2, 0) is 4.79 Å². The Morgan fingerprint density at radius 3 is 1.95 bits per heavy atom. The number of aliphatic hydroxyl groups excluding tert-OH is 1. The second kappa shape index (κ2) is 4.82. The molecule has 2 N–H and O–H groups in total. The van der Waals surface area contributed by atoms with E-state index in [9.17, 15) is 36.2 Å². The SMILES string of the molecule is CN1C(C(F)(F)F)CC(O)C(C(=O)O)C1C(F)(F)F. The van der Waals surface area contributed by atoms with Gasteiger partial charge in [-0.25, -0.2) is 0 Å². The highest BCUT2D eigenvalue weighted by Gasteiger charge is 2.61. The van der Waals surface area contributed by atoms with E-state index in [0.717, 1.165) is 0 Å². The molecule has 4 nitrogen and oxygen atoms in total. The van der Waals surface area contributed by atoms with Crippen molar-refractivity contribution in [3.8, 4) is 0 Å². The van der Waals surface area contributed by atoms with Crippen molar-refractivity contribution in [2.75, 3.05) is 7.05 Å². The predicted octanol–water partition coefficient (Wildman–Crippen LogP) is 1.25. The monoisotopic (exact) mass is 295 g/mol. The summed E-state index contributed by atoms with van der Waals surface area (Å²) in [6, 6.07) is -5.43. The van der Waals surface area contributed by atoms with Gasteiger partial charge in [0.05, 0.1) is 6.10 Å². The first-order chi connectivity index (χ1) is 8.37. The number of carboxylic acid groups (broad SMARTS) is 1. The number of likely N-dealkylation sites (tertiary alicyclic amines) is 1. The molecule has 112 valence electrons. The molecule has 0 bridgehead atoms. The fourth-order valence-electron chi connectivity index (χ4n) is 2.30. The van der Waals surface area contributed by atoms with Gasteiger partial charge in [0.25, 0.3) is 0 Å². The number of hydrogen-bond donors (Lipinski definition) is 2. The summed E-state index contributed by atoms with van der Waals surface area (Å²) < 4.78 is 76.0. The highest BCUT2D eigenvalue weighted by molar-refractivity contribution is 5.72. The van der Waals surface area contributed by atoms with Crippen molar-refractivity contribution in [3.63, 3.8) is 0 Å². The molecule has 1 rings (SSSR count). The number of carbonyl (C=O) groups is 1. The fraction of sp³-hybridized carbons (Fsp3) is 0.889. The van der Waals surface area contributed by atoms with E-state index in [1.807, 2.05) is 0 Å². The Bertz CT molecular complexity index is 355. The number of piperidine rings is 1. The Hall–Kier alpha value is -1.03. The van der Waals surface area contributed by atoms with Gasteiger partial charge in [0.15, 0.2) is 0 Å². The van der Waals surface area contributed by atoms with Crippen LogP contribution in [0.1, 0.15) is 6.42 Å². The summed E-state index contributed by atoms with van der Waals surface area (Å²) in [6.45, 7) is 0. The van der Waals surface area contributed by atoms with Gasteiger partial charge in [-0.2, -0.15) is 26.3 Å². The van der Waals surface area contributed by atoms with Gasteiger partial charge in [-0.05, 0) is 13.5 Å². The lowest BCUT2D eigenvalue weighted by atomic mass is 9.82. The van der Waals surface area contributed by atoms with E-state index in [2.05, 4.69) is 0 Å². The molecule has 1 fully saturated rings. The first kappa shape index (κ1) is 16.0. The minimum atomic E-state index is -5.19. The second-order valence-corrected chi connectivity index (χ2v) is 4.38. The first-order valence-electron chi connectivity index (χ1n) is 5.13. The van der Waals surface area contributed by atoms with Gasteiger partial charge < -0.3 is 10.2 Å². The van der Waals surface area contributed by atoms with Crippen LogP contribution in [0, 0.1) is 5.92 Å². The zero-order valence-corrected chi connectivity index (χ0v) is 9.53. The summed E-state index contributed by atoms with van der Waals surface area (Å²) in [5.41, 5.74) is 0. The molecular weight excluding hydrogens is 284 g/mol. The highest BCUT2D eigenvalue weighted by atomic mass is 19.4. The molecule has 1 saturated heterocycles. The molecule has 0 aromatic rings. The van der Waals surface area contributed by atoms with E-state index < -0.39 is 48.8 Å². The zero-order valence-electron chi connectivity index (χ0n) is 9.53. The molecule has 1 heterocycles. The Morgan fingerprint density at radius 1 is 1.16 bits per heavy atom. The van der Waals surface area contributed by atoms with Gasteiger partial charge >= 0.3 is 18.3 Å². The number of nitrogens with zero attached hydrogens (tertiary/aromatic N) is 1. The average Bonchev–Trinajstić information content (AvgIpc) is 2.16. The van der Waals surface area contributed by atoms with Crippen LogP contribution in [0.3, 0.4) is 0 Å². The molecule has 1 aliphatic heterocycles. The predicted molar refractivity (Wildman–Crippen MR) is 49.2 cm³/mol.